The lowest BCUT2D eigenvalue weighted by Crippen LogP contribution is -2.41. The first-order valence-electron chi connectivity index (χ1n) is 12.2. The maximum Gasteiger partial charge on any atom is 0.323 e. The molecule has 1 aliphatic rings. The van der Waals surface area contributed by atoms with Gasteiger partial charge in [0.15, 0.2) is 15.0 Å². The van der Waals surface area contributed by atoms with Crippen LogP contribution in [0, 0.1) is 12.8 Å². The number of aromatic nitrogens is 1. The van der Waals surface area contributed by atoms with Gasteiger partial charge >= 0.3 is 5.97 Å². The Morgan fingerprint density at radius 3 is 2.63 bits per heavy atom. The molecule has 0 saturated heterocycles. The number of hydrogen-bond donors (Lipinski definition) is 2. The van der Waals surface area contributed by atoms with Gasteiger partial charge in [-0.2, -0.15) is 0 Å². The smallest absolute Gasteiger partial charge is 0.323 e. The largest absolute Gasteiger partial charge is 0.461 e. The van der Waals surface area contributed by atoms with Crippen LogP contribution in [0.4, 0.5) is 5.13 Å². The van der Waals surface area contributed by atoms with Crippen LogP contribution in [0.3, 0.4) is 0 Å². The van der Waals surface area contributed by atoms with E-state index in [0.29, 0.717) is 19.0 Å². The molecule has 0 amide bonds. The molecule has 0 aliphatic heterocycles. The van der Waals surface area contributed by atoms with Crippen LogP contribution in [0.5, 0.6) is 0 Å². The number of nitrogens with zero attached hydrogens (tertiary/aromatic N) is 1. The third kappa shape index (κ3) is 8.17. The average molecular weight is 542 g/mol. The zero-order chi connectivity index (χ0) is 25.6. The third-order valence-electron chi connectivity index (χ3n) is 5.99. The summed E-state index contributed by atoms with van der Waals surface area (Å²) in [4.78, 5) is 18.3. The highest BCUT2D eigenvalue weighted by Crippen LogP contribution is 2.35. The molecular weight excluding hydrogens is 506 g/mol. The Hall–Kier alpha value is -1.68. The van der Waals surface area contributed by atoms with Crippen LogP contribution < -0.4 is 10.6 Å². The van der Waals surface area contributed by atoms with E-state index in [1.54, 1.807) is 12.1 Å². The van der Waals surface area contributed by atoms with Gasteiger partial charge in [0.25, 0.3) is 0 Å². The predicted octanol–water partition coefficient (Wildman–Crippen LogP) is 5.47. The second kappa shape index (κ2) is 12.5. The van der Waals surface area contributed by atoms with Gasteiger partial charge in [0.1, 0.15) is 12.1 Å². The number of ether oxygens (including phenoxy) is 1. The number of esters is 1. The van der Waals surface area contributed by atoms with E-state index in [1.807, 2.05) is 13.0 Å². The van der Waals surface area contributed by atoms with Crippen molar-refractivity contribution in [3.63, 3.8) is 0 Å². The van der Waals surface area contributed by atoms with Crippen molar-refractivity contribution in [2.24, 2.45) is 5.92 Å². The lowest BCUT2D eigenvalue weighted by molar-refractivity contribution is -0.151. The van der Waals surface area contributed by atoms with Crippen molar-refractivity contribution in [2.45, 2.75) is 76.3 Å². The summed E-state index contributed by atoms with van der Waals surface area (Å²) in [6.45, 7) is 7.51. The minimum absolute atomic E-state index is 0.0807. The fourth-order valence-electron chi connectivity index (χ4n) is 4.22. The Kier molecular flexibility index (Phi) is 9.98. The van der Waals surface area contributed by atoms with Crippen LogP contribution in [0.1, 0.15) is 58.1 Å². The molecule has 3 rings (SSSR count). The lowest BCUT2D eigenvalue weighted by atomic mass is 10.0. The predicted molar refractivity (Wildman–Crippen MR) is 143 cm³/mol. The molecule has 0 unspecified atom stereocenters. The third-order valence-corrected chi connectivity index (χ3v) is 8.73. The summed E-state index contributed by atoms with van der Waals surface area (Å²) in [7, 11) is -3.42. The zero-order valence-electron chi connectivity index (χ0n) is 20.9. The molecule has 7 nitrogen and oxygen atoms in total. The molecular formula is C25H36ClN3O4S2. The Bertz CT molecular complexity index is 1110. The summed E-state index contributed by atoms with van der Waals surface area (Å²) in [6, 6.07) is 4.74. The van der Waals surface area contributed by atoms with Gasteiger partial charge in [0, 0.05) is 12.8 Å². The van der Waals surface area contributed by atoms with E-state index in [9.17, 15) is 13.2 Å². The lowest BCUT2D eigenvalue weighted by Gasteiger charge is -2.21. The number of hydrogen-bond acceptors (Lipinski definition) is 8. The number of thiazole rings is 1. The monoisotopic (exact) mass is 541 g/mol. The molecule has 0 spiro atoms. The van der Waals surface area contributed by atoms with Gasteiger partial charge in [-0.1, -0.05) is 42.9 Å². The fraction of sp³-hybridized carbons (Fsp3) is 0.600. The zero-order valence-corrected chi connectivity index (χ0v) is 23.3. The van der Waals surface area contributed by atoms with Crippen molar-refractivity contribution in [3.8, 4) is 10.4 Å². The van der Waals surface area contributed by atoms with Crippen LogP contribution >= 0.6 is 22.9 Å². The van der Waals surface area contributed by atoms with Crippen molar-refractivity contribution < 1.29 is 17.9 Å². The first-order chi connectivity index (χ1) is 16.5. The normalized spacial score (nSPS) is 15.5. The fourth-order valence-corrected chi connectivity index (χ4v) is 6.51. The van der Waals surface area contributed by atoms with Crippen molar-refractivity contribution in [3.05, 3.63) is 28.9 Å². The van der Waals surface area contributed by atoms with Crippen LogP contribution in [0.15, 0.2) is 23.1 Å². The van der Waals surface area contributed by atoms with Gasteiger partial charge in [-0.3, -0.25) is 4.79 Å². The van der Waals surface area contributed by atoms with Gasteiger partial charge in [-0.15, -0.1) is 0 Å². The summed E-state index contributed by atoms with van der Waals surface area (Å²) in [5.74, 6) is 0.268. The SMILES string of the molecule is Cc1nc(NCCCN[C@@H](CC(C)C)C(=O)OC2CCCC2)sc1-c1ccc(Cl)c(S(C)(=O)=O)c1. The topological polar surface area (TPSA) is 97.4 Å². The number of carbonyl (C=O) groups excluding carboxylic acids is 1. The Morgan fingerprint density at radius 2 is 1.97 bits per heavy atom. The van der Waals surface area contributed by atoms with Crippen molar-refractivity contribution >= 4 is 43.9 Å². The van der Waals surface area contributed by atoms with Gasteiger partial charge < -0.3 is 15.4 Å². The number of carbonyl (C=O) groups is 1. The van der Waals surface area contributed by atoms with Crippen molar-refractivity contribution in [1.29, 1.82) is 0 Å². The number of nitrogens with one attached hydrogen (secondary N) is 2. The first-order valence-corrected chi connectivity index (χ1v) is 15.3. The highest BCUT2D eigenvalue weighted by Gasteiger charge is 2.25. The van der Waals surface area contributed by atoms with Crippen LogP contribution in [0.2, 0.25) is 5.02 Å². The summed E-state index contributed by atoms with van der Waals surface area (Å²) in [5.41, 5.74) is 1.60. The molecule has 0 bridgehead atoms. The molecule has 194 valence electrons. The molecule has 1 aliphatic carbocycles. The molecule has 1 fully saturated rings. The van der Waals surface area contributed by atoms with E-state index in [2.05, 4.69) is 29.5 Å². The molecule has 1 aromatic heterocycles. The second-order valence-electron chi connectivity index (χ2n) is 9.61. The minimum Gasteiger partial charge on any atom is -0.461 e. The maximum absolute atomic E-state index is 12.6. The molecule has 0 radical (unpaired) electrons. The van der Waals surface area contributed by atoms with Gasteiger partial charge in [-0.25, -0.2) is 13.4 Å². The van der Waals surface area contributed by atoms with Gasteiger partial charge in [0.05, 0.1) is 20.5 Å². The minimum atomic E-state index is -3.42. The number of benzene rings is 1. The molecule has 1 atom stereocenters. The molecule has 2 aromatic rings. The summed E-state index contributed by atoms with van der Waals surface area (Å²) in [6.07, 6.45) is 7.04. The van der Waals surface area contributed by atoms with E-state index < -0.39 is 9.84 Å². The number of aryl methyl sites for hydroxylation is 1. The van der Waals surface area contributed by atoms with Gasteiger partial charge in [-0.05, 0) is 75.6 Å². The van der Waals surface area contributed by atoms with Crippen LogP contribution in [-0.4, -0.2) is 50.9 Å². The average Bonchev–Trinajstić information content (AvgIpc) is 3.41. The molecule has 10 heteroatoms. The summed E-state index contributed by atoms with van der Waals surface area (Å²) < 4.78 is 29.8. The van der Waals surface area contributed by atoms with E-state index in [0.717, 1.165) is 66.0 Å². The van der Waals surface area contributed by atoms with Gasteiger partial charge in [0.2, 0.25) is 0 Å². The van der Waals surface area contributed by atoms with Crippen LogP contribution in [0.25, 0.3) is 10.4 Å². The molecule has 1 aromatic carbocycles. The number of anilines is 1. The maximum atomic E-state index is 12.6. The Balaban J connectivity index is 1.52. The van der Waals surface area contributed by atoms with E-state index in [-0.39, 0.29) is 28.0 Å². The first kappa shape index (κ1) is 27.9. The highest BCUT2D eigenvalue weighted by atomic mass is 35.5. The Labute approximate surface area is 217 Å². The van der Waals surface area contributed by atoms with Crippen molar-refractivity contribution in [1.82, 2.24) is 10.3 Å². The van der Waals surface area contributed by atoms with E-state index >= 15 is 0 Å². The Morgan fingerprint density at radius 1 is 1.26 bits per heavy atom. The molecule has 1 heterocycles. The van der Waals surface area contributed by atoms with E-state index in [4.69, 9.17) is 16.3 Å². The van der Waals surface area contributed by atoms with Crippen molar-refractivity contribution in [2.75, 3.05) is 24.7 Å². The van der Waals surface area contributed by atoms with E-state index in [1.165, 1.54) is 11.3 Å². The molecule has 1 saturated carbocycles. The molecule has 2 N–H and O–H groups in total. The number of halogens is 1. The molecule has 35 heavy (non-hydrogen) atoms. The number of sulfone groups is 1. The summed E-state index contributed by atoms with van der Waals surface area (Å²) in [5, 5.41) is 7.71. The quantitative estimate of drug-likeness (QED) is 0.271. The van der Waals surface area contributed by atoms with Crippen LogP contribution in [-0.2, 0) is 19.4 Å². The number of rotatable bonds is 12. The second-order valence-corrected chi connectivity index (χ2v) is 13.0. The highest BCUT2D eigenvalue weighted by molar-refractivity contribution is 7.90. The summed E-state index contributed by atoms with van der Waals surface area (Å²) >= 11 is 7.56. The standard InChI is InChI=1S/C25H36ClN3O4S2/c1-16(2)14-21(24(30)33-19-8-5-6-9-19)27-12-7-13-28-25-29-17(3)23(34-25)18-10-11-20(26)22(15-18)35(4,31)32/h10-11,15-16,19,21,27H,5-9,12-14H2,1-4H3,(H,28,29)/t21-/m0/s1.